The number of rotatable bonds is 12. The second kappa shape index (κ2) is 12.3. The molecule has 0 aliphatic heterocycles. The average molecular weight is 391 g/mol. The lowest BCUT2D eigenvalue weighted by Crippen LogP contribution is -2.43. The SMILES string of the molecule is ClCCC(CCCl)C(CCl)(CCl)C(CCCl)CCCl. The molecule has 0 N–H and O–H groups in total. The fourth-order valence-corrected chi connectivity index (χ4v) is 4.98. The van der Waals surface area contributed by atoms with E-state index in [9.17, 15) is 0 Å². The molecule has 0 aromatic heterocycles. The summed E-state index contributed by atoms with van der Waals surface area (Å²) in [4.78, 5) is 0. The maximum atomic E-state index is 6.30. The Kier molecular flexibility index (Phi) is 13.4. The van der Waals surface area contributed by atoms with Gasteiger partial charge in [0.2, 0.25) is 0 Å². The molecular formula is C13H22Cl6. The number of halogens is 6. The van der Waals surface area contributed by atoms with Gasteiger partial charge in [0, 0.05) is 40.7 Å². The summed E-state index contributed by atoms with van der Waals surface area (Å²) in [7, 11) is 0. The van der Waals surface area contributed by atoms with Crippen LogP contribution in [-0.4, -0.2) is 35.3 Å². The van der Waals surface area contributed by atoms with Crippen LogP contribution < -0.4 is 0 Å². The highest BCUT2D eigenvalue weighted by atomic mass is 35.5. The van der Waals surface area contributed by atoms with Crippen molar-refractivity contribution in [3.63, 3.8) is 0 Å². The van der Waals surface area contributed by atoms with E-state index in [2.05, 4.69) is 0 Å². The van der Waals surface area contributed by atoms with E-state index in [0.29, 0.717) is 47.1 Å². The first-order chi connectivity index (χ1) is 9.16. The molecule has 0 unspecified atom stereocenters. The Bertz CT molecular complexity index is 177. The number of hydrogen-bond donors (Lipinski definition) is 0. The van der Waals surface area contributed by atoms with Crippen LogP contribution >= 0.6 is 69.6 Å². The zero-order chi connectivity index (χ0) is 14.7. The van der Waals surface area contributed by atoms with Crippen LogP contribution in [0.25, 0.3) is 0 Å². The van der Waals surface area contributed by atoms with Crippen LogP contribution in [-0.2, 0) is 0 Å². The highest BCUT2D eigenvalue weighted by Gasteiger charge is 2.42. The van der Waals surface area contributed by atoms with Crippen LogP contribution in [0.2, 0.25) is 0 Å². The number of hydrogen-bond acceptors (Lipinski definition) is 0. The van der Waals surface area contributed by atoms with Crippen molar-refractivity contribution >= 4 is 69.6 Å². The first-order valence-corrected chi connectivity index (χ1v) is 9.73. The monoisotopic (exact) mass is 388 g/mol. The van der Waals surface area contributed by atoms with E-state index in [1.54, 1.807) is 0 Å². The molecule has 0 spiro atoms. The fraction of sp³-hybridized carbons (Fsp3) is 1.00. The van der Waals surface area contributed by atoms with E-state index in [1.165, 1.54) is 0 Å². The minimum atomic E-state index is -0.184. The van der Waals surface area contributed by atoms with Crippen molar-refractivity contribution in [2.75, 3.05) is 35.3 Å². The normalized spacial score (nSPS) is 12.6. The lowest BCUT2D eigenvalue weighted by molar-refractivity contribution is 0.110. The Morgan fingerprint density at radius 2 is 0.789 bits per heavy atom. The van der Waals surface area contributed by atoms with E-state index >= 15 is 0 Å². The van der Waals surface area contributed by atoms with Crippen LogP contribution in [0.1, 0.15) is 25.7 Å². The third kappa shape index (κ3) is 6.17. The molecule has 0 aromatic carbocycles. The lowest BCUT2D eigenvalue weighted by atomic mass is 9.65. The van der Waals surface area contributed by atoms with E-state index in [4.69, 9.17) is 69.6 Å². The van der Waals surface area contributed by atoms with Crippen molar-refractivity contribution in [3.8, 4) is 0 Å². The zero-order valence-electron chi connectivity index (χ0n) is 11.0. The van der Waals surface area contributed by atoms with Gasteiger partial charge in [-0.1, -0.05) is 0 Å². The summed E-state index contributed by atoms with van der Waals surface area (Å²) >= 11 is 36.3. The van der Waals surface area contributed by atoms with Gasteiger partial charge < -0.3 is 0 Å². The molecule has 0 heterocycles. The second-order valence-corrected chi connectivity index (χ2v) is 6.85. The summed E-state index contributed by atoms with van der Waals surface area (Å²) in [5.74, 6) is 3.97. The summed E-state index contributed by atoms with van der Waals surface area (Å²) in [6, 6.07) is 0. The molecule has 0 aromatic rings. The standard InChI is InChI=1S/C13H22Cl6/c14-5-1-11(2-6-15)13(9-18,10-19)12(3-7-16)4-8-17/h11-12H,1-10H2. The Morgan fingerprint density at radius 1 is 0.526 bits per heavy atom. The molecule has 0 nitrogen and oxygen atoms in total. The topological polar surface area (TPSA) is 0 Å². The zero-order valence-corrected chi connectivity index (χ0v) is 15.5. The van der Waals surface area contributed by atoms with Crippen LogP contribution in [0.4, 0.5) is 0 Å². The molecule has 0 saturated carbocycles. The van der Waals surface area contributed by atoms with Gasteiger partial charge in [-0.05, 0) is 37.5 Å². The third-order valence-corrected chi connectivity index (χ3v) is 5.82. The molecule has 0 bridgehead atoms. The van der Waals surface area contributed by atoms with Crippen LogP contribution in [0, 0.1) is 17.3 Å². The molecule has 0 aliphatic carbocycles. The van der Waals surface area contributed by atoms with Crippen molar-refractivity contribution in [1.29, 1.82) is 0 Å². The summed E-state index contributed by atoms with van der Waals surface area (Å²) in [5.41, 5.74) is -0.184. The maximum Gasteiger partial charge on any atom is 0.0296 e. The molecule has 0 saturated heterocycles. The van der Waals surface area contributed by atoms with Gasteiger partial charge in [0.1, 0.15) is 0 Å². The Morgan fingerprint density at radius 3 is 0.947 bits per heavy atom. The van der Waals surface area contributed by atoms with Crippen molar-refractivity contribution in [1.82, 2.24) is 0 Å². The van der Waals surface area contributed by atoms with Gasteiger partial charge in [0.25, 0.3) is 0 Å². The average Bonchev–Trinajstić information content (AvgIpc) is 2.41. The largest absolute Gasteiger partial charge is 0.127 e. The van der Waals surface area contributed by atoms with Gasteiger partial charge in [-0.25, -0.2) is 0 Å². The van der Waals surface area contributed by atoms with Crippen molar-refractivity contribution in [2.24, 2.45) is 17.3 Å². The lowest BCUT2D eigenvalue weighted by Gasteiger charge is -2.44. The highest BCUT2D eigenvalue weighted by Crippen LogP contribution is 2.46. The van der Waals surface area contributed by atoms with E-state index in [0.717, 1.165) is 25.7 Å². The van der Waals surface area contributed by atoms with Crippen molar-refractivity contribution in [2.45, 2.75) is 25.7 Å². The maximum absolute atomic E-state index is 6.30. The smallest absolute Gasteiger partial charge is 0.0296 e. The quantitative estimate of drug-likeness (QED) is 0.348. The molecular weight excluding hydrogens is 369 g/mol. The molecule has 0 rings (SSSR count). The van der Waals surface area contributed by atoms with Crippen molar-refractivity contribution < 1.29 is 0 Å². The Balaban J connectivity index is 5.21. The molecule has 0 fully saturated rings. The molecule has 116 valence electrons. The van der Waals surface area contributed by atoms with E-state index in [1.807, 2.05) is 0 Å². The molecule has 0 amide bonds. The van der Waals surface area contributed by atoms with E-state index in [-0.39, 0.29) is 5.41 Å². The summed E-state index contributed by atoms with van der Waals surface area (Å²) in [5, 5.41) is 0. The predicted octanol–water partition coefficient (Wildman–Crippen LogP) is 6.20. The van der Waals surface area contributed by atoms with Gasteiger partial charge >= 0.3 is 0 Å². The van der Waals surface area contributed by atoms with Crippen LogP contribution in [0.5, 0.6) is 0 Å². The summed E-state index contributed by atoms with van der Waals surface area (Å²) < 4.78 is 0. The fourth-order valence-electron chi connectivity index (χ4n) is 2.77. The minimum Gasteiger partial charge on any atom is -0.127 e. The Hall–Kier alpha value is 1.74. The molecule has 0 atom stereocenters. The van der Waals surface area contributed by atoms with Gasteiger partial charge in [-0.3, -0.25) is 0 Å². The molecule has 6 heteroatoms. The first kappa shape index (κ1) is 20.7. The van der Waals surface area contributed by atoms with E-state index < -0.39 is 0 Å². The molecule has 19 heavy (non-hydrogen) atoms. The summed E-state index contributed by atoms with van der Waals surface area (Å²) in [6.07, 6.45) is 3.48. The second-order valence-electron chi connectivity index (χ2n) is 4.80. The van der Waals surface area contributed by atoms with Crippen LogP contribution in [0.3, 0.4) is 0 Å². The predicted molar refractivity (Wildman–Crippen MR) is 92.2 cm³/mol. The molecule has 0 aliphatic rings. The first-order valence-electron chi connectivity index (χ1n) is 6.52. The third-order valence-electron chi connectivity index (χ3n) is 3.95. The van der Waals surface area contributed by atoms with Gasteiger partial charge in [-0.2, -0.15) is 0 Å². The highest BCUT2D eigenvalue weighted by molar-refractivity contribution is 6.22. The molecule has 0 radical (unpaired) electrons. The van der Waals surface area contributed by atoms with Crippen LogP contribution in [0.15, 0.2) is 0 Å². The van der Waals surface area contributed by atoms with Gasteiger partial charge in [0.15, 0.2) is 0 Å². The van der Waals surface area contributed by atoms with Crippen molar-refractivity contribution in [3.05, 3.63) is 0 Å². The number of alkyl halides is 6. The van der Waals surface area contributed by atoms with Gasteiger partial charge in [0.05, 0.1) is 0 Å². The Labute approximate surface area is 147 Å². The minimum absolute atomic E-state index is 0.184. The van der Waals surface area contributed by atoms with Gasteiger partial charge in [-0.15, -0.1) is 69.6 Å². The summed E-state index contributed by atoms with van der Waals surface area (Å²) in [6.45, 7) is 0.